The Morgan fingerprint density at radius 3 is 2.32 bits per heavy atom. The summed E-state index contributed by atoms with van der Waals surface area (Å²) in [5, 5.41) is 0. The summed E-state index contributed by atoms with van der Waals surface area (Å²) in [6.45, 7) is 1.29. The first-order valence-electron chi connectivity index (χ1n) is 9.74. The van der Waals surface area contributed by atoms with Gasteiger partial charge in [0.15, 0.2) is 11.5 Å². The molecule has 0 saturated heterocycles. The molecule has 160 valence electrons. The van der Waals surface area contributed by atoms with E-state index in [2.05, 4.69) is 4.72 Å². The molecule has 0 spiro atoms. The van der Waals surface area contributed by atoms with E-state index in [0.29, 0.717) is 42.5 Å². The summed E-state index contributed by atoms with van der Waals surface area (Å²) in [6.07, 6.45) is 0. The molecule has 3 aromatic rings. The number of amides is 1. The monoisotopic (exact) mass is 438 g/mol. The fourth-order valence-corrected chi connectivity index (χ4v) is 4.31. The van der Waals surface area contributed by atoms with Gasteiger partial charge in [0, 0.05) is 30.9 Å². The molecule has 1 aliphatic heterocycles. The van der Waals surface area contributed by atoms with Crippen LogP contribution in [0.15, 0.2) is 77.7 Å². The van der Waals surface area contributed by atoms with Crippen molar-refractivity contribution < 1.29 is 22.7 Å². The molecule has 31 heavy (non-hydrogen) atoms. The maximum Gasteiger partial charge on any atom is 0.262 e. The van der Waals surface area contributed by atoms with E-state index >= 15 is 0 Å². The number of ether oxygens (including phenoxy) is 2. The zero-order valence-electron chi connectivity index (χ0n) is 16.9. The van der Waals surface area contributed by atoms with Crippen molar-refractivity contribution in [3.63, 3.8) is 0 Å². The highest BCUT2D eigenvalue weighted by atomic mass is 32.2. The van der Waals surface area contributed by atoms with Crippen LogP contribution in [0.25, 0.3) is 0 Å². The number of nitrogens with one attached hydrogen (secondary N) is 1. The highest BCUT2D eigenvalue weighted by Gasteiger charge is 2.20. The van der Waals surface area contributed by atoms with Crippen molar-refractivity contribution in [2.24, 2.45) is 0 Å². The molecule has 1 amide bonds. The molecule has 0 aromatic heterocycles. The number of nitrogens with zero attached hydrogens (tertiary/aromatic N) is 1. The van der Waals surface area contributed by atoms with Gasteiger partial charge in [-0.25, -0.2) is 8.42 Å². The Hall–Kier alpha value is -3.52. The minimum Gasteiger partial charge on any atom is -0.486 e. The van der Waals surface area contributed by atoms with Crippen LogP contribution in [0, 0.1) is 0 Å². The molecule has 0 aliphatic carbocycles. The third-order valence-corrected chi connectivity index (χ3v) is 6.20. The second-order valence-electron chi connectivity index (χ2n) is 7.14. The molecule has 8 heteroatoms. The zero-order chi connectivity index (χ0) is 21.8. The number of carbonyl (C=O) groups excluding carboxylic acids is 1. The Morgan fingerprint density at radius 1 is 0.935 bits per heavy atom. The number of sulfonamides is 1. The molecule has 0 atom stereocenters. The van der Waals surface area contributed by atoms with E-state index in [1.807, 2.05) is 30.3 Å². The van der Waals surface area contributed by atoms with Gasteiger partial charge in [-0.05, 0) is 42.0 Å². The molecule has 0 bridgehead atoms. The predicted molar refractivity (Wildman–Crippen MR) is 117 cm³/mol. The first kappa shape index (κ1) is 20.7. The van der Waals surface area contributed by atoms with Gasteiger partial charge >= 0.3 is 0 Å². The van der Waals surface area contributed by atoms with Crippen molar-refractivity contribution in [1.29, 1.82) is 0 Å². The smallest absolute Gasteiger partial charge is 0.262 e. The lowest BCUT2D eigenvalue weighted by Crippen LogP contribution is -2.26. The molecule has 7 nitrogen and oxygen atoms in total. The van der Waals surface area contributed by atoms with E-state index in [0.717, 1.165) is 5.56 Å². The van der Waals surface area contributed by atoms with E-state index in [-0.39, 0.29) is 10.8 Å². The molecule has 0 fully saturated rings. The summed E-state index contributed by atoms with van der Waals surface area (Å²) in [5.74, 6) is 0.773. The standard InChI is InChI=1S/C23H22N2O5S/c1-25(16-17-5-3-2-4-6-17)23(26)18-7-9-19(10-8-18)24-31(27,28)20-11-12-21-22(15-20)30-14-13-29-21/h2-12,15,24H,13-14,16H2,1H3. The second kappa shape index (κ2) is 8.69. The van der Waals surface area contributed by atoms with Crippen LogP contribution < -0.4 is 14.2 Å². The molecule has 0 radical (unpaired) electrons. The van der Waals surface area contributed by atoms with E-state index in [1.165, 1.54) is 12.1 Å². The maximum absolute atomic E-state index is 12.7. The molecular weight excluding hydrogens is 416 g/mol. The van der Waals surface area contributed by atoms with Crippen LogP contribution in [0.4, 0.5) is 5.69 Å². The molecule has 1 heterocycles. The number of hydrogen-bond acceptors (Lipinski definition) is 5. The largest absolute Gasteiger partial charge is 0.486 e. The lowest BCUT2D eigenvalue weighted by molar-refractivity contribution is 0.0785. The van der Waals surface area contributed by atoms with Crippen LogP contribution in [0.2, 0.25) is 0 Å². The maximum atomic E-state index is 12.7. The summed E-state index contributed by atoms with van der Waals surface area (Å²) in [7, 11) is -2.09. The van der Waals surface area contributed by atoms with Crippen molar-refractivity contribution in [2.45, 2.75) is 11.4 Å². The number of anilines is 1. The highest BCUT2D eigenvalue weighted by Crippen LogP contribution is 2.32. The SMILES string of the molecule is CN(Cc1ccccc1)C(=O)c1ccc(NS(=O)(=O)c2ccc3c(c2)OCCO3)cc1. The Kier molecular flexibility index (Phi) is 5.81. The average molecular weight is 439 g/mol. The van der Waals surface area contributed by atoms with E-state index in [9.17, 15) is 13.2 Å². The van der Waals surface area contributed by atoms with E-state index < -0.39 is 10.0 Å². The Morgan fingerprint density at radius 2 is 1.61 bits per heavy atom. The van der Waals surface area contributed by atoms with E-state index in [4.69, 9.17) is 9.47 Å². The number of fused-ring (bicyclic) bond motifs is 1. The molecule has 0 unspecified atom stereocenters. The van der Waals surface area contributed by atoms with Gasteiger partial charge in [-0.3, -0.25) is 9.52 Å². The first-order valence-corrected chi connectivity index (χ1v) is 11.2. The van der Waals surface area contributed by atoms with Gasteiger partial charge in [0.05, 0.1) is 4.90 Å². The molecule has 4 rings (SSSR count). The average Bonchev–Trinajstić information content (AvgIpc) is 2.79. The van der Waals surface area contributed by atoms with Gasteiger partial charge in [0.25, 0.3) is 15.9 Å². The van der Waals surface area contributed by atoms with Crippen LogP contribution in [0.1, 0.15) is 15.9 Å². The van der Waals surface area contributed by atoms with Crippen molar-refractivity contribution in [2.75, 3.05) is 25.0 Å². The summed E-state index contributed by atoms with van der Waals surface area (Å²) in [6, 6.07) is 20.5. The quantitative estimate of drug-likeness (QED) is 0.636. The predicted octanol–water partition coefficient (Wildman–Crippen LogP) is 3.53. The molecular formula is C23H22N2O5S. The van der Waals surface area contributed by atoms with Crippen LogP contribution in [-0.4, -0.2) is 39.5 Å². The van der Waals surface area contributed by atoms with Crippen LogP contribution in [-0.2, 0) is 16.6 Å². The second-order valence-corrected chi connectivity index (χ2v) is 8.82. The third kappa shape index (κ3) is 4.80. The van der Waals surface area contributed by atoms with E-state index in [1.54, 1.807) is 42.3 Å². The molecule has 1 N–H and O–H groups in total. The number of benzene rings is 3. The van der Waals surface area contributed by atoms with Gasteiger partial charge in [0.2, 0.25) is 0 Å². The van der Waals surface area contributed by atoms with Crippen molar-refractivity contribution in [1.82, 2.24) is 4.90 Å². The fraction of sp³-hybridized carbons (Fsp3) is 0.174. The van der Waals surface area contributed by atoms with Crippen LogP contribution in [0.3, 0.4) is 0 Å². The third-order valence-electron chi connectivity index (χ3n) is 4.82. The summed E-state index contributed by atoms with van der Waals surface area (Å²) in [4.78, 5) is 14.3. The zero-order valence-corrected chi connectivity index (χ0v) is 17.8. The topological polar surface area (TPSA) is 84.9 Å². The number of hydrogen-bond donors (Lipinski definition) is 1. The van der Waals surface area contributed by atoms with Crippen molar-refractivity contribution >= 4 is 21.6 Å². The Balaban J connectivity index is 1.45. The van der Waals surface area contributed by atoms with Crippen LogP contribution >= 0.6 is 0 Å². The molecule has 0 saturated carbocycles. The Bertz CT molecular complexity index is 1180. The van der Waals surface area contributed by atoms with Crippen molar-refractivity contribution in [3.05, 3.63) is 83.9 Å². The number of rotatable bonds is 6. The van der Waals surface area contributed by atoms with Crippen molar-refractivity contribution in [3.8, 4) is 11.5 Å². The van der Waals surface area contributed by atoms with Gasteiger partial charge in [-0.1, -0.05) is 30.3 Å². The lowest BCUT2D eigenvalue weighted by atomic mass is 10.1. The minimum absolute atomic E-state index is 0.0690. The highest BCUT2D eigenvalue weighted by molar-refractivity contribution is 7.92. The summed E-state index contributed by atoms with van der Waals surface area (Å²) < 4.78 is 38.9. The summed E-state index contributed by atoms with van der Waals surface area (Å²) in [5.41, 5.74) is 1.86. The number of carbonyl (C=O) groups is 1. The minimum atomic E-state index is -3.82. The lowest BCUT2D eigenvalue weighted by Gasteiger charge is -2.19. The normalized spacial score (nSPS) is 12.8. The fourth-order valence-electron chi connectivity index (χ4n) is 3.24. The summed E-state index contributed by atoms with van der Waals surface area (Å²) >= 11 is 0. The van der Waals surface area contributed by atoms with Gasteiger partial charge in [-0.15, -0.1) is 0 Å². The first-order chi connectivity index (χ1) is 14.9. The van der Waals surface area contributed by atoms with Gasteiger partial charge < -0.3 is 14.4 Å². The van der Waals surface area contributed by atoms with Gasteiger partial charge in [0.1, 0.15) is 13.2 Å². The molecule has 3 aromatic carbocycles. The Labute approximate surface area is 181 Å². The molecule has 1 aliphatic rings. The van der Waals surface area contributed by atoms with Crippen LogP contribution in [0.5, 0.6) is 11.5 Å². The van der Waals surface area contributed by atoms with Gasteiger partial charge in [-0.2, -0.15) is 0 Å².